The molecule has 0 unspecified atom stereocenters. The van der Waals surface area contributed by atoms with E-state index in [0.29, 0.717) is 10.5 Å². The first-order chi connectivity index (χ1) is 8.11. The number of carboxylic acids is 1. The molecule has 0 aliphatic carbocycles. The summed E-state index contributed by atoms with van der Waals surface area (Å²) < 4.78 is 18.3. The van der Waals surface area contributed by atoms with Crippen LogP contribution in [0.5, 0.6) is 0 Å². The van der Waals surface area contributed by atoms with Crippen LogP contribution >= 0.6 is 11.8 Å². The molecule has 0 bridgehead atoms. The molecular weight excluding hydrogens is 245 g/mol. The van der Waals surface area contributed by atoms with E-state index < -0.39 is 5.97 Å². The average Bonchev–Trinajstić information content (AvgIpc) is 2.78. The summed E-state index contributed by atoms with van der Waals surface area (Å²) >= 11 is 1.29. The number of aromatic nitrogens is 1. The molecule has 0 saturated heterocycles. The highest BCUT2D eigenvalue weighted by Crippen LogP contribution is 2.26. The molecule has 1 aromatic heterocycles. The van der Waals surface area contributed by atoms with E-state index in [9.17, 15) is 9.18 Å². The van der Waals surface area contributed by atoms with Gasteiger partial charge in [0.2, 0.25) is 0 Å². The van der Waals surface area contributed by atoms with Gasteiger partial charge in [0.15, 0.2) is 11.5 Å². The Balaban J connectivity index is 2.39. The van der Waals surface area contributed by atoms with Crippen LogP contribution in [0, 0.1) is 5.82 Å². The molecule has 0 aliphatic rings. The fraction of sp³-hybridized carbons (Fsp3) is 0.0909. The van der Waals surface area contributed by atoms with Crippen molar-refractivity contribution < 1.29 is 18.8 Å². The normalized spacial score (nSPS) is 10.5. The van der Waals surface area contributed by atoms with Crippen molar-refractivity contribution in [3.63, 3.8) is 0 Å². The lowest BCUT2D eigenvalue weighted by Gasteiger charge is -2.00. The Labute approximate surface area is 100 Å². The fourth-order valence-corrected chi connectivity index (χ4v) is 1.79. The summed E-state index contributed by atoms with van der Waals surface area (Å²) in [4.78, 5) is 11.1. The van der Waals surface area contributed by atoms with Crippen molar-refractivity contribution in [3.8, 4) is 11.3 Å². The van der Waals surface area contributed by atoms with E-state index in [0.717, 1.165) is 0 Å². The molecule has 88 valence electrons. The van der Waals surface area contributed by atoms with Gasteiger partial charge in [0.1, 0.15) is 5.82 Å². The highest BCUT2D eigenvalue weighted by molar-refractivity contribution is 7.98. The average molecular weight is 253 g/mol. The number of nitrogens with zero attached hydrogens (tertiary/aromatic N) is 1. The molecule has 0 radical (unpaired) electrons. The third-order valence-electron chi connectivity index (χ3n) is 2.17. The summed E-state index contributed by atoms with van der Waals surface area (Å²) in [7, 11) is 0. The Kier molecular flexibility index (Phi) is 3.14. The third kappa shape index (κ3) is 2.31. The van der Waals surface area contributed by atoms with E-state index in [-0.39, 0.29) is 17.3 Å². The number of thioether (sulfide) groups is 1. The molecule has 0 atom stereocenters. The molecule has 2 rings (SSSR count). The summed E-state index contributed by atoms with van der Waals surface area (Å²) in [6.45, 7) is 0. The summed E-state index contributed by atoms with van der Waals surface area (Å²) in [5.74, 6) is -1.32. The monoisotopic (exact) mass is 253 g/mol. The predicted molar refractivity (Wildman–Crippen MR) is 60.6 cm³/mol. The van der Waals surface area contributed by atoms with Gasteiger partial charge in [-0.2, -0.15) is 0 Å². The molecule has 0 aliphatic heterocycles. The Morgan fingerprint density at radius 3 is 2.76 bits per heavy atom. The van der Waals surface area contributed by atoms with Crippen LogP contribution < -0.4 is 0 Å². The minimum absolute atomic E-state index is 0.200. The number of hydrogen-bond donors (Lipinski definition) is 1. The van der Waals surface area contributed by atoms with Crippen LogP contribution in [0.4, 0.5) is 4.39 Å². The lowest BCUT2D eigenvalue weighted by molar-refractivity contribution is 0.0686. The van der Waals surface area contributed by atoms with Gasteiger partial charge in [-0.25, -0.2) is 9.18 Å². The maximum atomic E-state index is 13.5. The number of aromatic carboxylic acids is 1. The van der Waals surface area contributed by atoms with Gasteiger partial charge in [0.25, 0.3) is 0 Å². The molecule has 0 saturated carbocycles. The van der Waals surface area contributed by atoms with Crippen LogP contribution in [-0.4, -0.2) is 22.5 Å². The SMILES string of the molecule is CSc1ccc(-c2cc(C(=O)O)no2)cc1F. The van der Waals surface area contributed by atoms with Crippen molar-refractivity contribution in [2.24, 2.45) is 0 Å². The number of carbonyl (C=O) groups is 1. The van der Waals surface area contributed by atoms with Crippen molar-refractivity contribution >= 4 is 17.7 Å². The molecule has 0 spiro atoms. The first kappa shape index (κ1) is 11.7. The third-order valence-corrected chi connectivity index (χ3v) is 2.94. The smallest absolute Gasteiger partial charge is 0.358 e. The van der Waals surface area contributed by atoms with E-state index in [1.807, 2.05) is 0 Å². The summed E-state index contributed by atoms with van der Waals surface area (Å²) in [6.07, 6.45) is 1.77. The van der Waals surface area contributed by atoms with E-state index in [4.69, 9.17) is 9.63 Å². The van der Waals surface area contributed by atoms with Crippen LogP contribution in [0.2, 0.25) is 0 Å². The van der Waals surface area contributed by atoms with Crippen molar-refractivity contribution in [2.75, 3.05) is 6.26 Å². The molecule has 6 heteroatoms. The second-order valence-corrected chi connectivity index (χ2v) is 4.08. The molecule has 17 heavy (non-hydrogen) atoms. The zero-order chi connectivity index (χ0) is 12.4. The molecule has 1 aromatic carbocycles. The van der Waals surface area contributed by atoms with E-state index in [1.165, 1.54) is 23.9 Å². The maximum absolute atomic E-state index is 13.5. The zero-order valence-corrected chi connectivity index (χ0v) is 9.62. The lowest BCUT2D eigenvalue weighted by atomic mass is 10.1. The highest BCUT2D eigenvalue weighted by atomic mass is 32.2. The largest absolute Gasteiger partial charge is 0.476 e. The van der Waals surface area contributed by atoms with Crippen molar-refractivity contribution in [1.29, 1.82) is 0 Å². The van der Waals surface area contributed by atoms with Crippen LogP contribution in [0.15, 0.2) is 33.7 Å². The number of carboxylic acid groups (broad SMARTS) is 1. The topological polar surface area (TPSA) is 63.3 Å². The number of benzene rings is 1. The number of halogens is 1. The molecule has 0 fully saturated rings. The summed E-state index contributed by atoms with van der Waals surface area (Å²) in [5.41, 5.74) is 0.259. The van der Waals surface area contributed by atoms with Crippen molar-refractivity contribution in [1.82, 2.24) is 5.16 Å². The van der Waals surface area contributed by atoms with Gasteiger partial charge in [-0.15, -0.1) is 11.8 Å². The Hall–Kier alpha value is -1.82. The second-order valence-electron chi connectivity index (χ2n) is 3.23. The van der Waals surface area contributed by atoms with Gasteiger partial charge < -0.3 is 9.63 Å². The zero-order valence-electron chi connectivity index (χ0n) is 8.81. The predicted octanol–water partition coefficient (Wildman–Crippen LogP) is 2.90. The number of hydrogen-bond acceptors (Lipinski definition) is 4. The Morgan fingerprint density at radius 2 is 2.24 bits per heavy atom. The first-order valence-corrected chi connectivity index (χ1v) is 5.88. The summed E-state index contributed by atoms with van der Waals surface area (Å²) in [5, 5.41) is 12.0. The standard InChI is InChI=1S/C11H8FNO3S/c1-17-10-3-2-6(4-7(10)12)9-5-8(11(14)15)13-16-9/h2-5H,1H3,(H,14,15). The van der Waals surface area contributed by atoms with Gasteiger partial charge in [-0.1, -0.05) is 5.16 Å². The van der Waals surface area contributed by atoms with E-state index in [2.05, 4.69) is 5.16 Å². The minimum Gasteiger partial charge on any atom is -0.476 e. The molecule has 1 N–H and O–H groups in total. The van der Waals surface area contributed by atoms with Crippen LogP contribution in [0.3, 0.4) is 0 Å². The van der Waals surface area contributed by atoms with Crippen LogP contribution in [0.25, 0.3) is 11.3 Å². The van der Waals surface area contributed by atoms with Crippen molar-refractivity contribution in [2.45, 2.75) is 4.90 Å². The van der Waals surface area contributed by atoms with Crippen molar-refractivity contribution in [3.05, 3.63) is 35.8 Å². The van der Waals surface area contributed by atoms with E-state index >= 15 is 0 Å². The minimum atomic E-state index is -1.18. The Morgan fingerprint density at radius 1 is 1.47 bits per heavy atom. The van der Waals surface area contributed by atoms with Crippen LogP contribution in [0.1, 0.15) is 10.5 Å². The van der Waals surface area contributed by atoms with E-state index in [1.54, 1.807) is 18.4 Å². The van der Waals surface area contributed by atoms with Gasteiger partial charge in [-0.05, 0) is 24.5 Å². The fourth-order valence-electron chi connectivity index (χ4n) is 1.33. The van der Waals surface area contributed by atoms with Gasteiger partial charge in [0.05, 0.1) is 0 Å². The molecular formula is C11H8FNO3S. The van der Waals surface area contributed by atoms with Gasteiger partial charge >= 0.3 is 5.97 Å². The molecule has 0 amide bonds. The molecule has 2 aromatic rings. The summed E-state index contributed by atoms with van der Waals surface area (Å²) in [6, 6.07) is 5.81. The molecule has 1 heterocycles. The lowest BCUT2D eigenvalue weighted by Crippen LogP contribution is -1.94. The van der Waals surface area contributed by atoms with Crippen LogP contribution in [-0.2, 0) is 0 Å². The Bertz CT molecular complexity index is 568. The maximum Gasteiger partial charge on any atom is 0.358 e. The first-order valence-electron chi connectivity index (χ1n) is 4.65. The highest BCUT2D eigenvalue weighted by Gasteiger charge is 2.13. The quantitative estimate of drug-likeness (QED) is 0.852. The van der Waals surface area contributed by atoms with Gasteiger partial charge in [0, 0.05) is 16.5 Å². The van der Waals surface area contributed by atoms with Gasteiger partial charge in [-0.3, -0.25) is 0 Å². The number of rotatable bonds is 3. The molecule has 4 nitrogen and oxygen atoms in total. The second kappa shape index (κ2) is 4.58.